The van der Waals surface area contributed by atoms with E-state index in [1.54, 1.807) is 34.8 Å². The summed E-state index contributed by atoms with van der Waals surface area (Å²) in [5.41, 5.74) is 2.48. The molecule has 3 aromatic rings. The average Bonchev–Trinajstić information content (AvgIpc) is 3.22. The van der Waals surface area contributed by atoms with Crippen LogP contribution in [0.4, 0.5) is 0 Å². The van der Waals surface area contributed by atoms with Crippen molar-refractivity contribution < 1.29 is 13.2 Å². The van der Waals surface area contributed by atoms with Crippen molar-refractivity contribution in [3.05, 3.63) is 54.1 Å². The van der Waals surface area contributed by atoms with Crippen LogP contribution in [-0.2, 0) is 27.9 Å². The van der Waals surface area contributed by atoms with Crippen molar-refractivity contribution in [2.24, 2.45) is 5.92 Å². The van der Waals surface area contributed by atoms with Gasteiger partial charge in [0.2, 0.25) is 15.9 Å². The van der Waals surface area contributed by atoms with E-state index < -0.39 is 10.0 Å². The molecule has 1 aliphatic heterocycles. The minimum Gasteiger partial charge on any atom is -0.341 e. The second kappa shape index (κ2) is 9.38. The quantitative estimate of drug-likeness (QED) is 0.547. The van der Waals surface area contributed by atoms with Gasteiger partial charge in [-0.3, -0.25) is 4.79 Å². The summed E-state index contributed by atoms with van der Waals surface area (Å²) in [6.45, 7) is 4.01. The number of carbonyl (C=O) groups excluding carboxylic acids is 1. The average molecular weight is 456 g/mol. The number of aromatic nitrogens is 3. The van der Waals surface area contributed by atoms with Crippen molar-refractivity contribution in [1.82, 2.24) is 24.2 Å². The van der Waals surface area contributed by atoms with Gasteiger partial charge in [0.1, 0.15) is 5.52 Å². The molecule has 2 aromatic carbocycles. The van der Waals surface area contributed by atoms with Crippen molar-refractivity contribution >= 4 is 27.0 Å². The molecule has 9 heteroatoms. The first-order chi connectivity index (χ1) is 15.4. The third kappa shape index (κ3) is 4.54. The second-order valence-electron chi connectivity index (χ2n) is 8.32. The number of benzene rings is 2. The molecule has 0 N–H and O–H groups in total. The minimum atomic E-state index is -3.64. The van der Waals surface area contributed by atoms with Crippen molar-refractivity contribution in [1.29, 1.82) is 0 Å². The highest BCUT2D eigenvalue weighted by atomic mass is 32.2. The summed E-state index contributed by atoms with van der Waals surface area (Å²) < 4.78 is 29.6. The molecule has 0 bridgehead atoms. The van der Waals surface area contributed by atoms with E-state index >= 15 is 0 Å². The molecule has 0 saturated carbocycles. The molecule has 0 spiro atoms. The fraction of sp³-hybridized carbons (Fsp3) is 0.435. The molecular weight excluding hydrogens is 426 g/mol. The maximum Gasteiger partial charge on any atom is 0.243 e. The summed E-state index contributed by atoms with van der Waals surface area (Å²) in [5.74, 6) is -0.0913. The zero-order valence-electron chi connectivity index (χ0n) is 18.5. The molecule has 2 heterocycles. The maximum atomic E-state index is 13.2. The van der Waals surface area contributed by atoms with E-state index in [1.165, 1.54) is 4.31 Å². The predicted molar refractivity (Wildman–Crippen MR) is 122 cm³/mol. The van der Waals surface area contributed by atoms with Crippen molar-refractivity contribution in [2.75, 3.05) is 20.1 Å². The molecule has 0 unspecified atom stereocenters. The van der Waals surface area contributed by atoms with Gasteiger partial charge >= 0.3 is 0 Å². The Morgan fingerprint density at radius 2 is 1.84 bits per heavy atom. The van der Waals surface area contributed by atoms with E-state index in [0.717, 1.165) is 24.0 Å². The van der Waals surface area contributed by atoms with E-state index in [9.17, 15) is 13.2 Å². The van der Waals surface area contributed by atoms with Crippen LogP contribution in [0, 0.1) is 5.92 Å². The zero-order chi connectivity index (χ0) is 22.7. The van der Waals surface area contributed by atoms with Crippen LogP contribution < -0.4 is 0 Å². The van der Waals surface area contributed by atoms with Crippen LogP contribution in [0.2, 0.25) is 0 Å². The number of rotatable bonds is 7. The van der Waals surface area contributed by atoms with Gasteiger partial charge in [0.25, 0.3) is 0 Å². The summed E-state index contributed by atoms with van der Waals surface area (Å²) in [7, 11) is -1.84. The number of fused-ring (bicyclic) bond motifs is 1. The molecule has 1 fully saturated rings. The summed E-state index contributed by atoms with van der Waals surface area (Å²) in [6.07, 6.45) is 1.96. The predicted octanol–water partition coefficient (Wildman–Crippen LogP) is 2.90. The molecule has 0 aliphatic carbocycles. The van der Waals surface area contributed by atoms with E-state index in [-0.39, 0.29) is 16.7 Å². The smallest absolute Gasteiger partial charge is 0.243 e. The number of sulfonamides is 1. The third-order valence-electron chi connectivity index (χ3n) is 6.00. The largest absolute Gasteiger partial charge is 0.341 e. The summed E-state index contributed by atoms with van der Waals surface area (Å²) >= 11 is 0. The molecular formula is C23H29N5O3S. The Kier molecular flexibility index (Phi) is 6.57. The molecule has 0 radical (unpaired) electrons. The Morgan fingerprint density at radius 3 is 2.53 bits per heavy atom. The lowest BCUT2D eigenvalue weighted by Crippen LogP contribution is -2.43. The van der Waals surface area contributed by atoms with E-state index in [2.05, 4.69) is 17.2 Å². The Labute approximate surface area is 188 Å². The lowest BCUT2D eigenvalue weighted by Gasteiger charge is -2.32. The van der Waals surface area contributed by atoms with Gasteiger partial charge in [-0.1, -0.05) is 42.5 Å². The third-order valence-corrected chi connectivity index (χ3v) is 7.90. The second-order valence-corrected chi connectivity index (χ2v) is 10.3. The molecule has 8 nitrogen and oxygen atoms in total. The Hall–Kier alpha value is -2.78. The fourth-order valence-electron chi connectivity index (χ4n) is 4.23. The van der Waals surface area contributed by atoms with Crippen LogP contribution in [0.3, 0.4) is 0 Å². The number of nitrogens with zero attached hydrogens (tertiary/aromatic N) is 5. The van der Waals surface area contributed by atoms with Gasteiger partial charge in [0, 0.05) is 39.1 Å². The van der Waals surface area contributed by atoms with Crippen LogP contribution in [0.15, 0.2) is 53.4 Å². The van der Waals surface area contributed by atoms with Crippen LogP contribution in [-0.4, -0.2) is 58.7 Å². The lowest BCUT2D eigenvalue weighted by atomic mass is 9.96. The first-order valence-corrected chi connectivity index (χ1v) is 12.5. The van der Waals surface area contributed by atoms with Gasteiger partial charge in [-0.15, -0.1) is 5.10 Å². The lowest BCUT2D eigenvalue weighted by molar-refractivity contribution is -0.135. The molecule has 0 atom stereocenters. The topological polar surface area (TPSA) is 88.4 Å². The number of piperidine rings is 1. The summed E-state index contributed by atoms with van der Waals surface area (Å²) in [5, 5.41) is 8.24. The van der Waals surface area contributed by atoms with Crippen LogP contribution in [0.1, 0.15) is 31.7 Å². The Balaban J connectivity index is 1.40. The van der Waals surface area contributed by atoms with Gasteiger partial charge in [-0.05, 0) is 43.0 Å². The number of aryl methyl sites for hydroxylation is 1. The van der Waals surface area contributed by atoms with Gasteiger partial charge in [0.15, 0.2) is 0 Å². The molecule has 4 rings (SSSR count). The molecule has 32 heavy (non-hydrogen) atoms. The monoisotopic (exact) mass is 455 g/mol. The Morgan fingerprint density at radius 1 is 1.12 bits per heavy atom. The molecule has 1 saturated heterocycles. The van der Waals surface area contributed by atoms with Gasteiger partial charge in [-0.2, -0.15) is 4.31 Å². The molecule has 170 valence electrons. The highest BCUT2D eigenvalue weighted by molar-refractivity contribution is 7.89. The van der Waals surface area contributed by atoms with E-state index in [0.29, 0.717) is 38.0 Å². The highest BCUT2D eigenvalue weighted by Gasteiger charge is 2.33. The van der Waals surface area contributed by atoms with Crippen LogP contribution in [0.25, 0.3) is 11.0 Å². The standard InChI is InChI=1S/C23H29N5O3S/c1-3-13-28-22-10-9-20(16-21(22)24-25-28)32(30,31)27-14-11-19(12-15-27)23(29)26(2)17-18-7-5-4-6-8-18/h4-10,16,19H,3,11-15,17H2,1-2H3. The SMILES string of the molecule is CCCn1nnc2cc(S(=O)(=O)N3CCC(C(=O)N(C)Cc4ccccc4)CC3)ccc21. The van der Waals surface area contributed by atoms with E-state index in [4.69, 9.17) is 0 Å². The van der Waals surface area contributed by atoms with Gasteiger partial charge < -0.3 is 4.90 Å². The zero-order valence-corrected chi connectivity index (χ0v) is 19.3. The van der Waals surface area contributed by atoms with Crippen molar-refractivity contribution in [3.8, 4) is 0 Å². The van der Waals surface area contributed by atoms with Crippen molar-refractivity contribution in [3.63, 3.8) is 0 Å². The molecule has 1 aromatic heterocycles. The molecule has 1 aliphatic rings. The molecule has 1 amide bonds. The normalized spacial score (nSPS) is 15.8. The van der Waals surface area contributed by atoms with Crippen molar-refractivity contribution in [2.45, 2.75) is 44.2 Å². The fourth-order valence-corrected chi connectivity index (χ4v) is 5.72. The minimum absolute atomic E-state index is 0.0693. The van der Waals surface area contributed by atoms with Crippen LogP contribution in [0.5, 0.6) is 0 Å². The highest BCUT2D eigenvalue weighted by Crippen LogP contribution is 2.27. The first-order valence-electron chi connectivity index (χ1n) is 11.0. The summed E-state index contributed by atoms with van der Waals surface area (Å²) in [6, 6.07) is 14.8. The summed E-state index contributed by atoms with van der Waals surface area (Å²) in [4.78, 5) is 14.8. The number of hydrogen-bond acceptors (Lipinski definition) is 5. The van der Waals surface area contributed by atoms with E-state index in [1.807, 2.05) is 30.3 Å². The number of hydrogen-bond donors (Lipinski definition) is 0. The maximum absolute atomic E-state index is 13.2. The van der Waals surface area contributed by atoms with Gasteiger partial charge in [0.05, 0.1) is 10.4 Å². The van der Waals surface area contributed by atoms with Gasteiger partial charge in [-0.25, -0.2) is 13.1 Å². The Bertz CT molecular complexity index is 1180. The number of amides is 1. The van der Waals surface area contributed by atoms with Crippen LogP contribution >= 0.6 is 0 Å². The first kappa shape index (κ1) is 22.4. The number of carbonyl (C=O) groups is 1.